The summed E-state index contributed by atoms with van der Waals surface area (Å²) < 4.78 is 1.10. The normalized spacial score (nSPS) is 11.7. The zero-order valence-corrected chi connectivity index (χ0v) is 15.4. The third-order valence-electron chi connectivity index (χ3n) is 3.22. The first-order valence-corrected chi connectivity index (χ1v) is 8.58. The lowest BCUT2D eigenvalue weighted by Gasteiger charge is -2.18. The van der Waals surface area contributed by atoms with Crippen molar-refractivity contribution in [1.29, 1.82) is 0 Å². The predicted octanol–water partition coefficient (Wildman–Crippen LogP) is 4.30. The first-order chi connectivity index (χ1) is 9.81. The maximum Gasteiger partial charge on any atom is 0.185 e. The Hall–Kier alpha value is -0.910. The zero-order chi connectivity index (χ0) is 15.6. The summed E-state index contributed by atoms with van der Waals surface area (Å²) in [5.74, 6) is 0. The van der Waals surface area contributed by atoms with Crippen molar-refractivity contribution in [3.05, 3.63) is 44.9 Å². The molecule has 0 radical (unpaired) electrons. The van der Waals surface area contributed by atoms with E-state index in [4.69, 9.17) is 10.7 Å². The monoisotopic (exact) mass is 367 g/mol. The van der Waals surface area contributed by atoms with Gasteiger partial charge in [0.15, 0.2) is 5.13 Å². The van der Waals surface area contributed by atoms with Gasteiger partial charge in [-0.05, 0) is 17.7 Å². The number of nitrogens with two attached hydrogens (primary N) is 1. The van der Waals surface area contributed by atoms with Crippen molar-refractivity contribution in [3.63, 3.8) is 0 Å². The lowest BCUT2D eigenvalue weighted by molar-refractivity contribution is 0.566. The number of aromatic nitrogens is 1. The van der Waals surface area contributed by atoms with E-state index in [0.717, 1.165) is 21.8 Å². The van der Waals surface area contributed by atoms with Crippen molar-refractivity contribution in [3.8, 4) is 0 Å². The van der Waals surface area contributed by atoms with Crippen LogP contribution < -0.4 is 10.6 Å². The third kappa shape index (κ3) is 4.05. The van der Waals surface area contributed by atoms with Crippen LogP contribution in [0.15, 0.2) is 28.7 Å². The number of nitrogens with zero attached hydrogens (tertiary/aromatic N) is 2. The molecule has 0 bridgehead atoms. The molecular weight excluding hydrogens is 346 g/mol. The second-order valence-electron chi connectivity index (χ2n) is 6.21. The number of halogens is 1. The van der Waals surface area contributed by atoms with Gasteiger partial charge in [-0.3, -0.25) is 0 Å². The molecule has 3 nitrogen and oxygen atoms in total. The molecule has 0 amide bonds. The summed E-state index contributed by atoms with van der Waals surface area (Å²) in [4.78, 5) is 8.18. The average molecular weight is 368 g/mol. The van der Waals surface area contributed by atoms with E-state index in [1.54, 1.807) is 11.3 Å². The van der Waals surface area contributed by atoms with E-state index in [-0.39, 0.29) is 5.41 Å². The molecule has 0 saturated carbocycles. The summed E-state index contributed by atoms with van der Waals surface area (Å²) in [6.45, 7) is 7.92. The Balaban J connectivity index is 2.23. The number of hydrogen-bond donors (Lipinski definition) is 1. The molecule has 1 aromatic carbocycles. The number of benzene rings is 1. The summed E-state index contributed by atoms with van der Waals surface area (Å²) in [5, 5.41) is 1.03. The topological polar surface area (TPSA) is 42.2 Å². The molecule has 0 fully saturated rings. The minimum absolute atomic E-state index is 0.0278. The van der Waals surface area contributed by atoms with Crippen LogP contribution in [0.1, 0.15) is 36.9 Å². The Morgan fingerprint density at radius 2 is 2.05 bits per heavy atom. The van der Waals surface area contributed by atoms with Crippen molar-refractivity contribution in [2.24, 2.45) is 5.73 Å². The number of anilines is 1. The van der Waals surface area contributed by atoms with Gasteiger partial charge in [-0.1, -0.05) is 48.8 Å². The first-order valence-electron chi connectivity index (χ1n) is 6.97. The Morgan fingerprint density at radius 3 is 2.57 bits per heavy atom. The highest BCUT2D eigenvalue weighted by molar-refractivity contribution is 9.10. The quantitative estimate of drug-likeness (QED) is 0.875. The lowest BCUT2D eigenvalue weighted by Crippen LogP contribution is -2.18. The summed E-state index contributed by atoms with van der Waals surface area (Å²) in [7, 11) is 2.08. The van der Waals surface area contributed by atoms with E-state index < -0.39 is 0 Å². The van der Waals surface area contributed by atoms with Crippen molar-refractivity contribution in [1.82, 2.24) is 4.98 Å². The molecule has 0 aliphatic heterocycles. The minimum Gasteiger partial charge on any atom is -0.347 e. The first kappa shape index (κ1) is 16.5. The predicted molar refractivity (Wildman–Crippen MR) is 95.0 cm³/mol. The van der Waals surface area contributed by atoms with Crippen LogP contribution in [-0.2, 0) is 18.5 Å². The largest absolute Gasteiger partial charge is 0.347 e. The van der Waals surface area contributed by atoms with Crippen LogP contribution in [-0.4, -0.2) is 12.0 Å². The zero-order valence-electron chi connectivity index (χ0n) is 13.0. The molecule has 1 aromatic heterocycles. The van der Waals surface area contributed by atoms with E-state index in [2.05, 4.69) is 66.8 Å². The molecule has 0 saturated heterocycles. The van der Waals surface area contributed by atoms with Crippen molar-refractivity contribution >= 4 is 32.4 Å². The van der Waals surface area contributed by atoms with E-state index in [1.165, 1.54) is 10.4 Å². The Labute approximate surface area is 139 Å². The summed E-state index contributed by atoms with van der Waals surface area (Å²) >= 11 is 5.21. The Kier molecular flexibility index (Phi) is 5.07. The van der Waals surface area contributed by atoms with Gasteiger partial charge in [0, 0.05) is 34.9 Å². The van der Waals surface area contributed by atoms with E-state index in [9.17, 15) is 0 Å². The fourth-order valence-corrected chi connectivity index (χ4v) is 3.76. The van der Waals surface area contributed by atoms with Gasteiger partial charge in [0.05, 0.1) is 5.69 Å². The molecule has 2 aromatic rings. The van der Waals surface area contributed by atoms with Crippen LogP contribution in [0.3, 0.4) is 0 Å². The molecule has 0 unspecified atom stereocenters. The highest BCUT2D eigenvalue weighted by Crippen LogP contribution is 2.33. The number of thiazole rings is 1. The highest BCUT2D eigenvalue weighted by atomic mass is 79.9. The Morgan fingerprint density at radius 1 is 1.33 bits per heavy atom. The van der Waals surface area contributed by atoms with Crippen LogP contribution in [0.4, 0.5) is 5.13 Å². The SMILES string of the molecule is CN(Cc1cccc(Br)c1)c1nc(C(C)(C)C)c(CN)s1. The summed E-state index contributed by atoms with van der Waals surface area (Å²) in [6, 6.07) is 8.36. The van der Waals surface area contributed by atoms with Crippen LogP contribution in [0.2, 0.25) is 0 Å². The molecule has 0 atom stereocenters. The molecule has 1 heterocycles. The standard InChI is InChI=1S/C16H22BrN3S/c1-16(2,3)14-13(9-18)21-15(19-14)20(4)10-11-6-5-7-12(17)8-11/h5-8H,9-10,18H2,1-4H3. The van der Waals surface area contributed by atoms with Gasteiger partial charge in [0.25, 0.3) is 0 Å². The smallest absolute Gasteiger partial charge is 0.185 e. The fraction of sp³-hybridized carbons (Fsp3) is 0.438. The summed E-state index contributed by atoms with van der Waals surface area (Å²) in [6.07, 6.45) is 0. The van der Waals surface area contributed by atoms with E-state index in [1.807, 2.05) is 6.07 Å². The van der Waals surface area contributed by atoms with Gasteiger partial charge in [-0.15, -0.1) is 11.3 Å². The molecular formula is C16H22BrN3S. The van der Waals surface area contributed by atoms with Crippen LogP contribution >= 0.6 is 27.3 Å². The van der Waals surface area contributed by atoms with Crippen LogP contribution in [0.5, 0.6) is 0 Å². The molecule has 21 heavy (non-hydrogen) atoms. The lowest BCUT2D eigenvalue weighted by atomic mass is 9.91. The van der Waals surface area contributed by atoms with Crippen molar-refractivity contribution in [2.45, 2.75) is 39.3 Å². The van der Waals surface area contributed by atoms with Gasteiger partial charge >= 0.3 is 0 Å². The van der Waals surface area contributed by atoms with E-state index in [0.29, 0.717) is 6.54 Å². The molecule has 0 aliphatic rings. The van der Waals surface area contributed by atoms with Gasteiger partial charge in [-0.2, -0.15) is 0 Å². The number of hydrogen-bond acceptors (Lipinski definition) is 4. The van der Waals surface area contributed by atoms with Crippen molar-refractivity contribution in [2.75, 3.05) is 11.9 Å². The molecule has 5 heteroatoms. The minimum atomic E-state index is 0.0278. The second-order valence-corrected chi connectivity index (χ2v) is 8.19. The summed E-state index contributed by atoms with van der Waals surface area (Å²) in [5.41, 5.74) is 8.28. The average Bonchev–Trinajstić information content (AvgIpc) is 2.82. The molecule has 2 rings (SSSR count). The van der Waals surface area contributed by atoms with E-state index >= 15 is 0 Å². The Bertz CT molecular complexity index is 616. The van der Waals surface area contributed by atoms with Gasteiger partial charge < -0.3 is 10.6 Å². The maximum absolute atomic E-state index is 5.88. The van der Waals surface area contributed by atoms with Gasteiger partial charge in [0.1, 0.15) is 0 Å². The molecule has 2 N–H and O–H groups in total. The fourth-order valence-electron chi connectivity index (χ4n) is 2.20. The molecule has 0 spiro atoms. The molecule has 114 valence electrons. The second kappa shape index (κ2) is 6.46. The highest BCUT2D eigenvalue weighted by Gasteiger charge is 2.23. The van der Waals surface area contributed by atoms with Gasteiger partial charge in [-0.25, -0.2) is 4.98 Å². The van der Waals surface area contributed by atoms with Crippen LogP contribution in [0, 0.1) is 0 Å². The third-order valence-corrected chi connectivity index (χ3v) is 4.90. The molecule has 0 aliphatic carbocycles. The number of rotatable bonds is 4. The maximum atomic E-state index is 5.88. The van der Waals surface area contributed by atoms with Gasteiger partial charge in [0.2, 0.25) is 0 Å². The van der Waals surface area contributed by atoms with Crippen molar-refractivity contribution < 1.29 is 0 Å². The van der Waals surface area contributed by atoms with Crippen LogP contribution in [0.25, 0.3) is 0 Å².